The fourth-order valence-electron chi connectivity index (χ4n) is 2.27. The zero-order chi connectivity index (χ0) is 13.9. The normalized spacial score (nSPS) is 18.8. The average molecular weight is 268 g/mol. The van der Waals surface area contributed by atoms with Crippen LogP contribution in [0.3, 0.4) is 0 Å². The number of hydrogen-bond acceptors (Lipinski definition) is 6. The topological polar surface area (TPSA) is 104 Å². The molecule has 2 aliphatic rings. The van der Waals surface area contributed by atoms with Gasteiger partial charge in [-0.05, 0) is 25.7 Å². The van der Waals surface area contributed by atoms with E-state index < -0.39 is 0 Å². The van der Waals surface area contributed by atoms with Crippen molar-refractivity contribution in [1.82, 2.24) is 20.4 Å². The quantitative estimate of drug-likeness (QED) is 0.838. The first-order valence-electron chi connectivity index (χ1n) is 6.66. The second kappa shape index (κ2) is 5.24. The zero-order valence-electron chi connectivity index (χ0n) is 11.1. The summed E-state index contributed by atoms with van der Waals surface area (Å²) in [6.07, 6.45) is 11.7. The van der Waals surface area contributed by atoms with Crippen molar-refractivity contribution in [3.05, 3.63) is 47.3 Å². The first-order chi connectivity index (χ1) is 9.75. The van der Waals surface area contributed by atoms with Crippen LogP contribution in [0.2, 0.25) is 0 Å². The number of nitrogens with two attached hydrogens (primary N) is 2. The summed E-state index contributed by atoms with van der Waals surface area (Å²) in [5, 5.41) is 16.5. The molecule has 1 aromatic heterocycles. The summed E-state index contributed by atoms with van der Waals surface area (Å²) in [5.74, 6) is 0.919. The van der Waals surface area contributed by atoms with Crippen LogP contribution in [0, 0.1) is 0 Å². The molecule has 0 saturated heterocycles. The van der Waals surface area contributed by atoms with Crippen LogP contribution >= 0.6 is 0 Å². The third kappa shape index (κ3) is 2.32. The van der Waals surface area contributed by atoms with Gasteiger partial charge in [0.05, 0.1) is 0 Å². The molecule has 1 heterocycles. The molecule has 2 aliphatic carbocycles. The summed E-state index contributed by atoms with van der Waals surface area (Å²) in [6.45, 7) is 0. The molecule has 0 fully saturated rings. The van der Waals surface area contributed by atoms with Crippen LogP contribution in [-0.2, 0) is 0 Å². The van der Waals surface area contributed by atoms with E-state index in [1.807, 2.05) is 24.3 Å². The highest BCUT2D eigenvalue weighted by atomic mass is 15.3. The summed E-state index contributed by atoms with van der Waals surface area (Å²) < 4.78 is 0. The molecular formula is C14H16N6. The van der Waals surface area contributed by atoms with Crippen LogP contribution in [0.5, 0.6) is 0 Å². The maximum Gasteiger partial charge on any atom is 0.205 e. The molecule has 0 spiro atoms. The molecule has 6 nitrogen and oxygen atoms in total. The van der Waals surface area contributed by atoms with Crippen LogP contribution in [0.25, 0.3) is 11.1 Å². The molecule has 0 radical (unpaired) electrons. The molecule has 0 aromatic carbocycles. The van der Waals surface area contributed by atoms with Crippen molar-refractivity contribution in [3.63, 3.8) is 0 Å². The van der Waals surface area contributed by atoms with Crippen molar-refractivity contribution in [2.75, 3.05) is 0 Å². The summed E-state index contributed by atoms with van der Waals surface area (Å²) in [7, 11) is 0. The van der Waals surface area contributed by atoms with Gasteiger partial charge in [-0.3, -0.25) is 0 Å². The van der Waals surface area contributed by atoms with E-state index in [4.69, 9.17) is 11.5 Å². The maximum atomic E-state index is 5.93. The van der Waals surface area contributed by atoms with Gasteiger partial charge in [0.2, 0.25) is 11.6 Å². The lowest BCUT2D eigenvalue weighted by Crippen LogP contribution is -2.13. The molecule has 0 atom stereocenters. The van der Waals surface area contributed by atoms with Gasteiger partial charge in [-0.25, -0.2) is 0 Å². The lowest BCUT2D eigenvalue weighted by Gasteiger charge is -2.12. The van der Waals surface area contributed by atoms with Crippen molar-refractivity contribution >= 4 is 11.1 Å². The predicted octanol–water partition coefficient (Wildman–Crippen LogP) is 1.31. The summed E-state index contributed by atoms with van der Waals surface area (Å²) in [4.78, 5) is 0. The Morgan fingerprint density at radius 3 is 1.30 bits per heavy atom. The lowest BCUT2D eigenvalue weighted by atomic mass is 10.0. The Labute approximate surface area is 117 Å². The highest BCUT2D eigenvalue weighted by molar-refractivity contribution is 5.76. The lowest BCUT2D eigenvalue weighted by molar-refractivity contribution is 0.808. The smallest absolute Gasteiger partial charge is 0.205 e. The van der Waals surface area contributed by atoms with Crippen LogP contribution in [0.15, 0.2) is 35.7 Å². The van der Waals surface area contributed by atoms with Crippen LogP contribution in [0.4, 0.5) is 0 Å². The molecule has 0 saturated carbocycles. The second-order valence-electron chi connectivity index (χ2n) is 4.76. The van der Waals surface area contributed by atoms with Gasteiger partial charge in [-0.1, -0.05) is 24.3 Å². The largest absolute Gasteiger partial charge is 0.398 e. The Bertz CT molecular complexity index is 579. The van der Waals surface area contributed by atoms with E-state index in [0.717, 1.165) is 36.8 Å². The number of hydrogen-bond donors (Lipinski definition) is 2. The number of allylic oxidation sites excluding steroid dienone is 6. The Morgan fingerprint density at radius 1 is 0.600 bits per heavy atom. The fraction of sp³-hybridized carbons (Fsp3) is 0.286. The van der Waals surface area contributed by atoms with Crippen molar-refractivity contribution in [1.29, 1.82) is 0 Å². The molecule has 0 aliphatic heterocycles. The number of rotatable bonds is 2. The molecule has 0 bridgehead atoms. The SMILES string of the molecule is NC1=CCCC=C1c1nnc(C2=CCCC=C2N)nn1. The summed E-state index contributed by atoms with van der Waals surface area (Å²) >= 11 is 0. The Hall–Kier alpha value is -2.50. The Morgan fingerprint density at radius 2 is 0.950 bits per heavy atom. The first kappa shape index (κ1) is 12.5. The molecular weight excluding hydrogens is 252 g/mol. The predicted molar refractivity (Wildman–Crippen MR) is 76.6 cm³/mol. The molecule has 6 heteroatoms. The number of aromatic nitrogens is 4. The fourth-order valence-corrected chi connectivity index (χ4v) is 2.27. The van der Waals surface area contributed by atoms with E-state index in [0.29, 0.717) is 23.0 Å². The summed E-state index contributed by atoms with van der Waals surface area (Å²) in [5.41, 5.74) is 14.8. The van der Waals surface area contributed by atoms with E-state index in [1.54, 1.807) is 0 Å². The monoisotopic (exact) mass is 268 g/mol. The van der Waals surface area contributed by atoms with E-state index in [2.05, 4.69) is 20.4 Å². The summed E-state index contributed by atoms with van der Waals surface area (Å²) in [6, 6.07) is 0. The molecule has 3 rings (SSSR count). The molecule has 1 aromatic rings. The van der Waals surface area contributed by atoms with Gasteiger partial charge in [0.15, 0.2) is 0 Å². The van der Waals surface area contributed by atoms with Gasteiger partial charge in [0.1, 0.15) is 0 Å². The minimum absolute atomic E-state index is 0.459. The third-order valence-electron chi connectivity index (χ3n) is 3.34. The van der Waals surface area contributed by atoms with Gasteiger partial charge >= 0.3 is 0 Å². The second-order valence-corrected chi connectivity index (χ2v) is 4.76. The average Bonchev–Trinajstić information content (AvgIpc) is 2.49. The van der Waals surface area contributed by atoms with Gasteiger partial charge in [-0.2, -0.15) is 0 Å². The minimum Gasteiger partial charge on any atom is -0.398 e. The molecule has 102 valence electrons. The van der Waals surface area contributed by atoms with Gasteiger partial charge in [-0.15, -0.1) is 20.4 Å². The zero-order valence-corrected chi connectivity index (χ0v) is 11.1. The first-order valence-corrected chi connectivity index (χ1v) is 6.66. The molecule has 0 unspecified atom stereocenters. The minimum atomic E-state index is 0.459. The van der Waals surface area contributed by atoms with Gasteiger partial charge in [0, 0.05) is 22.5 Å². The highest BCUT2D eigenvalue weighted by Crippen LogP contribution is 2.23. The third-order valence-corrected chi connectivity index (χ3v) is 3.34. The van der Waals surface area contributed by atoms with E-state index in [9.17, 15) is 0 Å². The van der Waals surface area contributed by atoms with Crippen LogP contribution in [-0.4, -0.2) is 20.4 Å². The van der Waals surface area contributed by atoms with Crippen LogP contribution < -0.4 is 11.5 Å². The standard InChI is InChI=1S/C14H16N6/c15-11-7-3-1-5-9(11)13-17-19-14(20-18-13)10-6-2-4-8-12(10)16/h5-8H,1-4,15-16H2. The van der Waals surface area contributed by atoms with Crippen LogP contribution in [0.1, 0.15) is 37.3 Å². The Kier molecular flexibility index (Phi) is 3.28. The number of nitrogens with zero attached hydrogens (tertiary/aromatic N) is 4. The van der Waals surface area contributed by atoms with Crippen molar-refractivity contribution in [3.8, 4) is 0 Å². The van der Waals surface area contributed by atoms with E-state index in [-0.39, 0.29) is 0 Å². The maximum absolute atomic E-state index is 5.93. The highest BCUT2D eigenvalue weighted by Gasteiger charge is 2.15. The van der Waals surface area contributed by atoms with Crippen molar-refractivity contribution in [2.45, 2.75) is 25.7 Å². The molecule has 0 amide bonds. The molecule has 20 heavy (non-hydrogen) atoms. The van der Waals surface area contributed by atoms with E-state index >= 15 is 0 Å². The van der Waals surface area contributed by atoms with Crippen molar-refractivity contribution in [2.24, 2.45) is 11.5 Å². The van der Waals surface area contributed by atoms with Gasteiger partial charge < -0.3 is 11.5 Å². The van der Waals surface area contributed by atoms with Gasteiger partial charge in [0.25, 0.3) is 0 Å². The van der Waals surface area contributed by atoms with E-state index in [1.165, 1.54) is 0 Å². The Balaban J connectivity index is 1.89. The molecule has 4 N–H and O–H groups in total. The van der Waals surface area contributed by atoms with Crippen molar-refractivity contribution < 1.29 is 0 Å².